The highest BCUT2D eigenvalue weighted by Gasteiger charge is 2.36. The summed E-state index contributed by atoms with van der Waals surface area (Å²) in [5, 5.41) is 3.28. The smallest absolute Gasteiger partial charge is 0.267 e. The first kappa shape index (κ1) is 20.3. The maximum Gasteiger partial charge on any atom is 0.267 e. The van der Waals surface area contributed by atoms with E-state index in [0.29, 0.717) is 35.2 Å². The van der Waals surface area contributed by atoms with Crippen LogP contribution in [0.15, 0.2) is 28.9 Å². The van der Waals surface area contributed by atoms with Crippen molar-refractivity contribution in [3.05, 3.63) is 34.5 Å². The van der Waals surface area contributed by atoms with Gasteiger partial charge in [0.25, 0.3) is 5.91 Å². The molecule has 3 N–H and O–H groups in total. The van der Waals surface area contributed by atoms with Gasteiger partial charge in [0, 0.05) is 24.6 Å². The molecule has 1 aromatic carbocycles. The lowest BCUT2D eigenvalue weighted by Gasteiger charge is -2.26. The standard InChI is InChI=1S/C17H23N3O4S2/c1-5-13(21)19-16-14(15(18)22)20(17(25-4)26-16)9-10-6-7-11(23-2)8-12(10)24-3/h6-8,17H,5,9H2,1-4H3,(H2,18,22)(H,19,21). The molecule has 0 spiro atoms. The number of nitrogens with one attached hydrogen (secondary N) is 1. The Hall–Kier alpha value is -2.00. The molecular weight excluding hydrogens is 374 g/mol. The molecule has 1 aliphatic rings. The predicted molar refractivity (Wildman–Crippen MR) is 105 cm³/mol. The number of rotatable bonds is 8. The second-order valence-corrected chi connectivity index (χ2v) is 7.72. The molecule has 0 aliphatic carbocycles. The van der Waals surface area contributed by atoms with Crippen molar-refractivity contribution in [1.82, 2.24) is 10.2 Å². The fourth-order valence-electron chi connectivity index (χ4n) is 2.51. The Bertz CT molecular complexity index is 724. The first-order chi connectivity index (χ1) is 12.4. The van der Waals surface area contributed by atoms with Gasteiger partial charge in [-0.15, -0.1) is 11.8 Å². The first-order valence-electron chi connectivity index (χ1n) is 7.96. The van der Waals surface area contributed by atoms with Crippen molar-refractivity contribution >= 4 is 35.3 Å². The Kier molecular flexibility index (Phi) is 7.10. The van der Waals surface area contributed by atoms with E-state index in [1.807, 2.05) is 23.3 Å². The Morgan fingerprint density at radius 2 is 2.08 bits per heavy atom. The molecule has 9 heteroatoms. The molecule has 0 radical (unpaired) electrons. The number of hydrogen-bond acceptors (Lipinski definition) is 7. The lowest BCUT2D eigenvalue weighted by Crippen LogP contribution is -2.33. The SMILES string of the molecule is CCC(=O)NC1=C(C(N)=O)N(Cc2ccc(OC)cc2OC)C(SC)S1. The van der Waals surface area contributed by atoms with Crippen molar-refractivity contribution in [2.45, 2.75) is 24.6 Å². The Labute approximate surface area is 161 Å². The van der Waals surface area contributed by atoms with Gasteiger partial charge in [0.15, 0.2) is 0 Å². The van der Waals surface area contributed by atoms with E-state index in [9.17, 15) is 9.59 Å². The van der Waals surface area contributed by atoms with E-state index < -0.39 is 5.91 Å². The van der Waals surface area contributed by atoms with E-state index in [2.05, 4.69) is 5.32 Å². The summed E-state index contributed by atoms with van der Waals surface area (Å²) in [7, 11) is 3.17. The summed E-state index contributed by atoms with van der Waals surface area (Å²) in [6, 6.07) is 5.52. The van der Waals surface area contributed by atoms with Crippen LogP contribution in [0.3, 0.4) is 0 Å². The highest BCUT2D eigenvalue weighted by Crippen LogP contribution is 2.43. The van der Waals surface area contributed by atoms with Gasteiger partial charge in [0.05, 0.1) is 14.2 Å². The molecule has 142 valence electrons. The summed E-state index contributed by atoms with van der Waals surface area (Å²) in [5.41, 5.74) is 6.82. The summed E-state index contributed by atoms with van der Waals surface area (Å²) in [4.78, 5) is 25.8. The number of carbonyl (C=O) groups is 2. The monoisotopic (exact) mass is 397 g/mol. The van der Waals surface area contributed by atoms with Gasteiger partial charge in [-0.25, -0.2) is 0 Å². The molecule has 1 unspecified atom stereocenters. The Balaban J connectivity index is 2.38. The minimum atomic E-state index is -0.576. The van der Waals surface area contributed by atoms with Crippen molar-refractivity contribution in [2.75, 3.05) is 20.5 Å². The van der Waals surface area contributed by atoms with Gasteiger partial charge in [0.1, 0.15) is 26.9 Å². The maximum atomic E-state index is 12.1. The second kappa shape index (κ2) is 9.09. The number of hydrogen-bond donors (Lipinski definition) is 2. The van der Waals surface area contributed by atoms with Crippen LogP contribution in [-0.2, 0) is 16.1 Å². The normalized spacial score (nSPS) is 16.6. The molecule has 2 rings (SSSR count). The number of primary amides is 1. The lowest BCUT2D eigenvalue weighted by molar-refractivity contribution is -0.119. The fraction of sp³-hybridized carbons (Fsp3) is 0.412. The molecule has 26 heavy (non-hydrogen) atoms. The third-order valence-electron chi connectivity index (χ3n) is 3.82. The summed E-state index contributed by atoms with van der Waals surface area (Å²) in [6.07, 6.45) is 2.27. The van der Waals surface area contributed by atoms with Crippen LogP contribution in [0, 0.1) is 0 Å². The van der Waals surface area contributed by atoms with Gasteiger partial charge in [-0.05, 0) is 18.4 Å². The summed E-state index contributed by atoms with van der Waals surface area (Å²) in [6.45, 7) is 2.17. The maximum absolute atomic E-state index is 12.1. The average molecular weight is 398 g/mol. The molecule has 0 saturated heterocycles. The molecule has 0 fully saturated rings. The average Bonchev–Trinajstić information content (AvgIpc) is 2.98. The first-order valence-corrected chi connectivity index (χ1v) is 10.1. The molecule has 1 heterocycles. The number of thioether (sulfide) groups is 2. The van der Waals surface area contributed by atoms with Crippen LogP contribution in [0.5, 0.6) is 11.5 Å². The second-order valence-electron chi connectivity index (χ2n) is 5.41. The largest absolute Gasteiger partial charge is 0.497 e. The van der Waals surface area contributed by atoms with Crippen LogP contribution >= 0.6 is 23.5 Å². The van der Waals surface area contributed by atoms with Crippen LogP contribution < -0.4 is 20.5 Å². The molecule has 1 aliphatic heterocycles. The zero-order chi connectivity index (χ0) is 19.3. The number of amides is 2. The zero-order valence-electron chi connectivity index (χ0n) is 15.2. The summed E-state index contributed by atoms with van der Waals surface area (Å²) < 4.78 is 10.6. The topological polar surface area (TPSA) is 93.9 Å². The van der Waals surface area contributed by atoms with Crippen LogP contribution in [0.2, 0.25) is 0 Å². The molecule has 0 bridgehead atoms. The van der Waals surface area contributed by atoms with E-state index >= 15 is 0 Å². The molecule has 1 aromatic rings. The summed E-state index contributed by atoms with van der Waals surface area (Å²) in [5.74, 6) is 0.608. The minimum absolute atomic E-state index is 0.0866. The molecular formula is C17H23N3O4S2. The fourth-order valence-corrected chi connectivity index (χ4v) is 4.63. The minimum Gasteiger partial charge on any atom is -0.497 e. The number of methoxy groups -OCH3 is 2. The number of ether oxygens (including phenoxy) is 2. The third-order valence-corrected chi connectivity index (χ3v) is 6.33. The van der Waals surface area contributed by atoms with Crippen LogP contribution in [0.4, 0.5) is 0 Å². The lowest BCUT2D eigenvalue weighted by atomic mass is 10.1. The van der Waals surface area contributed by atoms with Gasteiger partial charge >= 0.3 is 0 Å². The van der Waals surface area contributed by atoms with Gasteiger partial charge in [-0.1, -0.05) is 18.7 Å². The van der Waals surface area contributed by atoms with E-state index in [4.69, 9.17) is 15.2 Å². The van der Waals surface area contributed by atoms with Crippen LogP contribution in [0.25, 0.3) is 0 Å². The van der Waals surface area contributed by atoms with Gasteiger partial charge in [0.2, 0.25) is 5.91 Å². The molecule has 1 atom stereocenters. The Morgan fingerprint density at radius 3 is 2.62 bits per heavy atom. The van der Waals surface area contributed by atoms with Crippen molar-refractivity contribution < 1.29 is 19.1 Å². The van der Waals surface area contributed by atoms with Gasteiger partial charge in [-0.2, -0.15) is 0 Å². The molecule has 2 amide bonds. The highest BCUT2D eigenvalue weighted by atomic mass is 32.2. The Morgan fingerprint density at radius 1 is 1.35 bits per heavy atom. The van der Waals surface area contributed by atoms with Crippen molar-refractivity contribution in [1.29, 1.82) is 0 Å². The quantitative estimate of drug-likeness (QED) is 0.693. The van der Waals surface area contributed by atoms with E-state index in [0.717, 1.165) is 5.56 Å². The molecule has 7 nitrogen and oxygen atoms in total. The molecule has 0 saturated carbocycles. The number of carbonyl (C=O) groups excluding carboxylic acids is 2. The van der Waals surface area contributed by atoms with Gasteiger partial charge < -0.3 is 25.4 Å². The number of nitrogens with zero attached hydrogens (tertiary/aromatic N) is 1. The highest BCUT2D eigenvalue weighted by molar-refractivity contribution is 8.18. The van der Waals surface area contributed by atoms with E-state index in [-0.39, 0.29) is 10.6 Å². The van der Waals surface area contributed by atoms with Gasteiger partial charge in [-0.3, -0.25) is 9.59 Å². The van der Waals surface area contributed by atoms with Crippen molar-refractivity contribution in [2.24, 2.45) is 5.73 Å². The summed E-state index contributed by atoms with van der Waals surface area (Å²) >= 11 is 2.97. The molecule has 0 aromatic heterocycles. The zero-order valence-corrected chi connectivity index (χ0v) is 16.8. The van der Waals surface area contributed by atoms with Crippen molar-refractivity contribution in [3.63, 3.8) is 0 Å². The number of nitrogens with two attached hydrogens (primary N) is 1. The predicted octanol–water partition coefficient (Wildman–Crippen LogP) is 2.08. The van der Waals surface area contributed by atoms with Crippen molar-refractivity contribution in [3.8, 4) is 11.5 Å². The van der Waals surface area contributed by atoms with E-state index in [1.54, 1.807) is 39.0 Å². The van der Waals surface area contributed by atoms with E-state index in [1.165, 1.54) is 11.8 Å². The van der Waals surface area contributed by atoms with Crippen LogP contribution in [-0.4, -0.2) is 41.9 Å². The number of benzene rings is 1. The third kappa shape index (κ3) is 4.39. The van der Waals surface area contributed by atoms with Crippen LogP contribution in [0.1, 0.15) is 18.9 Å².